The van der Waals surface area contributed by atoms with Gasteiger partial charge in [-0.2, -0.15) is 13.2 Å². The molecule has 10 heteroatoms. The lowest BCUT2D eigenvalue weighted by Gasteiger charge is -2.29. The number of carbonyl (C=O) groups is 1. The molecule has 1 atom stereocenters. The van der Waals surface area contributed by atoms with E-state index in [-0.39, 0.29) is 5.13 Å². The van der Waals surface area contributed by atoms with Crippen molar-refractivity contribution >= 4 is 32.6 Å². The summed E-state index contributed by atoms with van der Waals surface area (Å²) in [6.45, 7) is 1.84. The van der Waals surface area contributed by atoms with E-state index in [1.54, 1.807) is 6.07 Å². The van der Waals surface area contributed by atoms with Crippen molar-refractivity contribution in [3.8, 4) is 0 Å². The van der Waals surface area contributed by atoms with Crippen LogP contribution >= 0.6 is 11.3 Å². The number of alkyl halides is 3. The van der Waals surface area contributed by atoms with Crippen LogP contribution in [0.5, 0.6) is 0 Å². The van der Waals surface area contributed by atoms with Gasteiger partial charge in [-0.3, -0.25) is 4.79 Å². The molecule has 3 rings (SSSR count). The SMILES string of the molecule is Cc1cccc2sc(NC(=O)CC(O)(c3nccn3C)C(F)(F)F)nc12. The van der Waals surface area contributed by atoms with Gasteiger partial charge in [0.25, 0.3) is 0 Å². The normalized spacial score (nSPS) is 14.4. The maximum absolute atomic E-state index is 13.5. The minimum Gasteiger partial charge on any atom is -0.374 e. The lowest BCUT2D eigenvalue weighted by molar-refractivity contribution is -0.270. The summed E-state index contributed by atoms with van der Waals surface area (Å²) in [5.41, 5.74) is -1.84. The molecule has 1 aromatic carbocycles. The zero-order valence-electron chi connectivity index (χ0n) is 13.8. The van der Waals surface area contributed by atoms with Crippen LogP contribution in [0.2, 0.25) is 0 Å². The molecular formula is C16H15F3N4O2S. The van der Waals surface area contributed by atoms with E-state index in [1.807, 2.05) is 19.1 Å². The van der Waals surface area contributed by atoms with Gasteiger partial charge < -0.3 is 15.0 Å². The van der Waals surface area contributed by atoms with Crippen molar-refractivity contribution in [3.63, 3.8) is 0 Å². The minimum atomic E-state index is -5.08. The maximum atomic E-state index is 13.5. The molecule has 3 aromatic rings. The van der Waals surface area contributed by atoms with Crippen molar-refractivity contribution < 1.29 is 23.1 Å². The van der Waals surface area contributed by atoms with Gasteiger partial charge in [0, 0.05) is 19.4 Å². The number of imidazole rings is 1. The molecule has 0 aliphatic rings. The van der Waals surface area contributed by atoms with Gasteiger partial charge in [-0.25, -0.2) is 9.97 Å². The summed E-state index contributed by atoms with van der Waals surface area (Å²) in [6.07, 6.45) is -3.91. The minimum absolute atomic E-state index is 0.170. The molecule has 26 heavy (non-hydrogen) atoms. The average molecular weight is 384 g/mol. The molecule has 6 nitrogen and oxygen atoms in total. The van der Waals surface area contributed by atoms with Crippen LogP contribution < -0.4 is 5.32 Å². The Kier molecular flexibility index (Phi) is 4.49. The van der Waals surface area contributed by atoms with Crippen molar-refractivity contribution in [1.82, 2.24) is 14.5 Å². The number of benzene rings is 1. The first-order valence-corrected chi connectivity index (χ1v) is 8.36. The van der Waals surface area contributed by atoms with Crippen LogP contribution in [0.15, 0.2) is 30.6 Å². The zero-order valence-corrected chi connectivity index (χ0v) is 14.6. The number of aromatic nitrogens is 3. The molecule has 1 amide bonds. The second-order valence-corrected chi connectivity index (χ2v) is 6.92. The Morgan fingerprint density at radius 1 is 1.38 bits per heavy atom. The number of fused-ring (bicyclic) bond motifs is 1. The summed E-state index contributed by atoms with van der Waals surface area (Å²) in [5.74, 6) is -1.66. The molecule has 138 valence electrons. The fourth-order valence-corrected chi connectivity index (χ4v) is 3.57. The molecule has 0 saturated heterocycles. The topological polar surface area (TPSA) is 80.0 Å². The van der Waals surface area contributed by atoms with E-state index < -0.39 is 29.9 Å². The number of amides is 1. The first-order chi connectivity index (χ1) is 12.1. The van der Waals surface area contributed by atoms with Crippen molar-refractivity contribution in [3.05, 3.63) is 42.0 Å². The molecular weight excluding hydrogens is 369 g/mol. The highest BCUT2D eigenvalue weighted by Gasteiger charge is 2.58. The van der Waals surface area contributed by atoms with Crippen molar-refractivity contribution in [2.45, 2.75) is 25.1 Å². The predicted octanol–water partition coefficient (Wildman–Crippen LogP) is 3.12. The smallest absolute Gasteiger partial charge is 0.374 e. The Morgan fingerprint density at radius 3 is 2.69 bits per heavy atom. The standard InChI is InChI=1S/C16H15F3N4O2S/c1-9-4-3-5-10-12(9)22-14(26-10)21-11(24)8-15(25,16(17,18)19)13-20-6-7-23(13)2/h3-7,25H,8H2,1-2H3,(H,21,22,24). The van der Waals surface area contributed by atoms with Gasteiger partial charge in [0.15, 0.2) is 11.0 Å². The lowest BCUT2D eigenvalue weighted by atomic mass is 9.97. The van der Waals surface area contributed by atoms with Gasteiger partial charge in [0.1, 0.15) is 0 Å². The number of nitrogens with zero attached hydrogens (tertiary/aromatic N) is 3. The molecule has 2 aromatic heterocycles. The van der Waals surface area contributed by atoms with Crippen LogP contribution in [0.4, 0.5) is 18.3 Å². The first kappa shape index (κ1) is 18.3. The van der Waals surface area contributed by atoms with E-state index in [2.05, 4.69) is 15.3 Å². The van der Waals surface area contributed by atoms with Crippen molar-refractivity contribution in [2.75, 3.05) is 5.32 Å². The van der Waals surface area contributed by atoms with Crippen molar-refractivity contribution in [1.29, 1.82) is 0 Å². The number of carbonyl (C=O) groups excluding carboxylic acids is 1. The van der Waals surface area contributed by atoms with Crippen LogP contribution in [0.1, 0.15) is 17.8 Å². The fraction of sp³-hybridized carbons (Fsp3) is 0.312. The van der Waals surface area contributed by atoms with Gasteiger partial charge in [-0.15, -0.1) is 0 Å². The number of aliphatic hydroxyl groups is 1. The molecule has 0 fully saturated rings. The number of nitrogens with one attached hydrogen (secondary N) is 1. The van der Waals surface area contributed by atoms with Gasteiger partial charge in [0.2, 0.25) is 11.5 Å². The van der Waals surface area contributed by atoms with E-state index in [0.717, 1.165) is 32.4 Å². The summed E-state index contributed by atoms with van der Waals surface area (Å²) in [5, 5.41) is 12.7. The van der Waals surface area contributed by atoms with Gasteiger partial charge in [-0.05, 0) is 18.6 Å². The predicted molar refractivity (Wildman–Crippen MR) is 90.8 cm³/mol. The van der Waals surface area contributed by atoms with E-state index in [0.29, 0.717) is 5.52 Å². The van der Waals surface area contributed by atoms with Crippen LogP contribution in [0.3, 0.4) is 0 Å². The van der Waals surface area contributed by atoms with Crippen LogP contribution in [-0.4, -0.2) is 31.7 Å². The van der Waals surface area contributed by atoms with Gasteiger partial charge >= 0.3 is 6.18 Å². The molecule has 0 radical (unpaired) electrons. The third kappa shape index (κ3) is 3.17. The molecule has 1 unspecified atom stereocenters. The summed E-state index contributed by atoms with van der Waals surface area (Å²) < 4.78 is 42.2. The second-order valence-electron chi connectivity index (χ2n) is 5.89. The number of aryl methyl sites for hydroxylation is 2. The quantitative estimate of drug-likeness (QED) is 0.724. The van der Waals surface area contributed by atoms with Crippen LogP contribution in [0, 0.1) is 6.92 Å². The zero-order chi connectivity index (χ0) is 19.1. The largest absolute Gasteiger partial charge is 0.425 e. The summed E-state index contributed by atoms with van der Waals surface area (Å²) >= 11 is 1.15. The summed E-state index contributed by atoms with van der Waals surface area (Å²) in [7, 11) is 1.31. The van der Waals surface area contributed by atoms with Gasteiger partial charge in [-0.1, -0.05) is 23.5 Å². The Hall–Kier alpha value is -2.46. The van der Waals surface area contributed by atoms with Gasteiger partial charge in [0.05, 0.1) is 16.6 Å². The number of hydrogen-bond acceptors (Lipinski definition) is 5. The molecule has 2 heterocycles. The molecule has 0 spiro atoms. The molecule has 0 aliphatic heterocycles. The number of rotatable bonds is 4. The van der Waals surface area contributed by atoms with E-state index >= 15 is 0 Å². The van der Waals surface area contributed by atoms with E-state index in [4.69, 9.17) is 0 Å². The highest BCUT2D eigenvalue weighted by atomic mass is 32.1. The molecule has 2 N–H and O–H groups in total. The van der Waals surface area contributed by atoms with Crippen LogP contribution in [-0.2, 0) is 17.4 Å². The van der Waals surface area contributed by atoms with E-state index in [9.17, 15) is 23.1 Å². The highest BCUT2D eigenvalue weighted by Crippen LogP contribution is 2.41. The average Bonchev–Trinajstić information content (AvgIpc) is 3.12. The Labute approximate surface area is 150 Å². The molecule has 0 aliphatic carbocycles. The number of hydrogen-bond donors (Lipinski definition) is 2. The Balaban J connectivity index is 1.86. The third-order valence-corrected chi connectivity index (χ3v) is 4.88. The number of para-hydroxylation sites is 1. The number of thiazole rings is 1. The first-order valence-electron chi connectivity index (χ1n) is 7.55. The molecule has 0 bridgehead atoms. The number of anilines is 1. The maximum Gasteiger partial charge on any atom is 0.425 e. The van der Waals surface area contributed by atoms with E-state index in [1.165, 1.54) is 13.2 Å². The van der Waals surface area contributed by atoms with Crippen LogP contribution in [0.25, 0.3) is 10.2 Å². The summed E-state index contributed by atoms with van der Waals surface area (Å²) in [6, 6.07) is 5.47. The van der Waals surface area contributed by atoms with Crippen molar-refractivity contribution in [2.24, 2.45) is 7.05 Å². The Morgan fingerprint density at radius 2 is 2.12 bits per heavy atom. The number of halogens is 3. The highest BCUT2D eigenvalue weighted by molar-refractivity contribution is 7.22. The monoisotopic (exact) mass is 384 g/mol. The lowest BCUT2D eigenvalue weighted by Crippen LogP contribution is -2.46. The second kappa shape index (κ2) is 6.36. The fourth-order valence-electron chi connectivity index (χ4n) is 2.61. The molecule has 0 saturated carbocycles. The third-order valence-electron chi connectivity index (χ3n) is 3.94. The Bertz CT molecular complexity index is 966. The summed E-state index contributed by atoms with van der Waals surface area (Å²) in [4.78, 5) is 20.0.